The van der Waals surface area contributed by atoms with Gasteiger partial charge in [0, 0.05) is 30.2 Å². The van der Waals surface area contributed by atoms with Crippen LogP contribution >= 0.6 is 0 Å². The number of aromatic nitrogens is 1. The lowest BCUT2D eigenvalue weighted by molar-refractivity contribution is -0.137. The van der Waals surface area contributed by atoms with Crippen LogP contribution in [0.1, 0.15) is 45.9 Å². The summed E-state index contributed by atoms with van der Waals surface area (Å²) < 4.78 is 38.3. The molecule has 0 aliphatic carbocycles. The molecule has 2 heterocycles. The molecule has 1 aliphatic rings. The minimum atomic E-state index is -4.41. The van der Waals surface area contributed by atoms with Crippen molar-refractivity contribution in [3.8, 4) is 0 Å². The molecule has 6 nitrogen and oxygen atoms in total. The van der Waals surface area contributed by atoms with Crippen LogP contribution in [0.25, 0.3) is 0 Å². The van der Waals surface area contributed by atoms with Crippen LogP contribution in [0.4, 0.5) is 18.9 Å². The molecule has 3 aromatic rings. The van der Waals surface area contributed by atoms with Crippen LogP contribution < -0.4 is 11.1 Å². The molecule has 3 N–H and O–H groups in total. The summed E-state index contributed by atoms with van der Waals surface area (Å²) in [6.07, 6.45) is 0.293. The van der Waals surface area contributed by atoms with E-state index in [9.17, 15) is 22.8 Å². The molecule has 0 radical (unpaired) electrons. The highest BCUT2D eigenvalue weighted by Crippen LogP contribution is 2.31. The van der Waals surface area contributed by atoms with E-state index in [1.54, 1.807) is 53.7 Å². The maximum atomic E-state index is 13.0. The molecule has 9 heteroatoms. The number of amides is 2. The molecule has 2 atom stereocenters. The monoisotopic (exact) mass is 482 g/mol. The minimum absolute atomic E-state index is 0.00940. The number of rotatable bonds is 6. The molecule has 0 bridgehead atoms. The number of carbonyl (C=O) groups excluding carboxylic acids is 2. The third-order valence-electron chi connectivity index (χ3n) is 6.17. The maximum absolute atomic E-state index is 13.0. The highest BCUT2D eigenvalue weighted by atomic mass is 19.4. The first-order chi connectivity index (χ1) is 16.7. The van der Waals surface area contributed by atoms with Gasteiger partial charge in [-0.1, -0.05) is 24.3 Å². The number of hydrogen-bond acceptors (Lipinski definition) is 4. The third-order valence-corrected chi connectivity index (χ3v) is 6.17. The van der Waals surface area contributed by atoms with E-state index in [-0.39, 0.29) is 24.3 Å². The summed E-state index contributed by atoms with van der Waals surface area (Å²) in [5.41, 5.74) is 8.20. The van der Waals surface area contributed by atoms with E-state index in [1.165, 1.54) is 12.1 Å². The number of nitrogens with zero attached hydrogens (tertiary/aromatic N) is 2. The van der Waals surface area contributed by atoms with Crippen LogP contribution in [-0.4, -0.2) is 34.3 Å². The number of nitrogens with one attached hydrogen (secondary N) is 1. The van der Waals surface area contributed by atoms with Gasteiger partial charge in [-0.05, 0) is 60.4 Å². The first-order valence-corrected chi connectivity index (χ1v) is 11.2. The van der Waals surface area contributed by atoms with Crippen molar-refractivity contribution in [2.45, 2.75) is 37.5 Å². The van der Waals surface area contributed by atoms with Crippen molar-refractivity contribution in [3.63, 3.8) is 0 Å². The van der Waals surface area contributed by atoms with E-state index in [4.69, 9.17) is 5.73 Å². The molecule has 2 amide bonds. The summed E-state index contributed by atoms with van der Waals surface area (Å²) in [5.74, 6) is -0.429. The Labute approximate surface area is 201 Å². The molecule has 35 heavy (non-hydrogen) atoms. The number of anilines is 1. The summed E-state index contributed by atoms with van der Waals surface area (Å²) in [6, 6.07) is 14.3. The fraction of sp³-hybridized carbons (Fsp3) is 0.269. The fourth-order valence-electron chi connectivity index (χ4n) is 4.28. The number of benzene rings is 2. The van der Waals surface area contributed by atoms with E-state index in [0.717, 1.165) is 30.5 Å². The predicted molar refractivity (Wildman–Crippen MR) is 125 cm³/mol. The highest BCUT2D eigenvalue weighted by Gasteiger charge is 2.34. The van der Waals surface area contributed by atoms with Crippen LogP contribution in [0.15, 0.2) is 73.1 Å². The van der Waals surface area contributed by atoms with Gasteiger partial charge in [0.05, 0.1) is 24.1 Å². The number of halogens is 3. The van der Waals surface area contributed by atoms with Crippen molar-refractivity contribution in [1.82, 2.24) is 9.88 Å². The van der Waals surface area contributed by atoms with Gasteiger partial charge in [0.25, 0.3) is 5.91 Å². The fourth-order valence-corrected chi connectivity index (χ4v) is 4.28. The number of carbonyl (C=O) groups is 2. The Morgan fingerprint density at radius 1 is 1.03 bits per heavy atom. The summed E-state index contributed by atoms with van der Waals surface area (Å²) in [4.78, 5) is 31.0. The third kappa shape index (κ3) is 5.86. The zero-order valence-corrected chi connectivity index (χ0v) is 18.8. The number of alkyl halides is 3. The molecular weight excluding hydrogens is 457 g/mol. The molecule has 2 unspecified atom stereocenters. The van der Waals surface area contributed by atoms with E-state index < -0.39 is 17.8 Å². The van der Waals surface area contributed by atoms with Gasteiger partial charge in [-0.25, -0.2) is 0 Å². The second kappa shape index (κ2) is 10.3. The van der Waals surface area contributed by atoms with Crippen LogP contribution in [0.5, 0.6) is 0 Å². The average Bonchev–Trinajstić information content (AvgIpc) is 3.34. The molecule has 2 aromatic carbocycles. The van der Waals surface area contributed by atoms with Crippen LogP contribution in [0.3, 0.4) is 0 Å². The van der Waals surface area contributed by atoms with Crippen molar-refractivity contribution in [3.05, 3.63) is 95.3 Å². The lowest BCUT2D eigenvalue weighted by atomic mass is 9.96. The van der Waals surface area contributed by atoms with Crippen molar-refractivity contribution < 1.29 is 22.8 Å². The molecule has 1 aromatic heterocycles. The first-order valence-electron chi connectivity index (χ1n) is 11.2. The van der Waals surface area contributed by atoms with Crippen molar-refractivity contribution in [2.75, 3.05) is 11.9 Å². The smallest absolute Gasteiger partial charge is 0.338 e. The maximum Gasteiger partial charge on any atom is 0.416 e. The van der Waals surface area contributed by atoms with Crippen molar-refractivity contribution in [2.24, 2.45) is 5.73 Å². The lowest BCUT2D eigenvalue weighted by Crippen LogP contribution is -2.42. The van der Waals surface area contributed by atoms with Gasteiger partial charge in [-0.3, -0.25) is 14.6 Å². The SMILES string of the molecule is NC(c1ccc(C(=O)Nc2ccncc2)cc1)C1CCCN1C(=O)Cc1ccc(C(F)(F)F)cc1. The zero-order valence-electron chi connectivity index (χ0n) is 18.8. The topological polar surface area (TPSA) is 88.3 Å². The van der Waals surface area contributed by atoms with Crippen LogP contribution in [0.2, 0.25) is 0 Å². The Balaban J connectivity index is 1.39. The van der Waals surface area contributed by atoms with E-state index in [1.807, 2.05) is 0 Å². The first kappa shape index (κ1) is 24.4. The van der Waals surface area contributed by atoms with Crippen molar-refractivity contribution >= 4 is 17.5 Å². The van der Waals surface area contributed by atoms with Crippen LogP contribution in [0, 0.1) is 0 Å². The molecular formula is C26H25F3N4O2. The average molecular weight is 483 g/mol. The van der Waals surface area contributed by atoms with Gasteiger partial charge < -0.3 is 16.0 Å². The Morgan fingerprint density at radius 2 is 1.69 bits per heavy atom. The van der Waals surface area contributed by atoms with Gasteiger partial charge in [-0.2, -0.15) is 13.2 Å². The van der Waals surface area contributed by atoms with E-state index in [0.29, 0.717) is 23.4 Å². The Morgan fingerprint density at radius 3 is 2.31 bits per heavy atom. The summed E-state index contributed by atoms with van der Waals surface area (Å²) in [7, 11) is 0. The van der Waals surface area contributed by atoms with Gasteiger partial charge in [-0.15, -0.1) is 0 Å². The van der Waals surface area contributed by atoms with Gasteiger partial charge in [0.2, 0.25) is 5.91 Å². The normalized spacial score (nSPS) is 16.7. The van der Waals surface area contributed by atoms with Gasteiger partial charge >= 0.3 is 6.18 Å². The molecule has 4 rings (SSSR count). The standard InChI is InChI=1S/C26H25F3N4O2/c27-26(28,29)20-9-3-17(4-10-20)16-23(34)33-15-1-2-22(33)24(30)18-5-7-19(8-6-18)25(35)32-21-11-13-31-14-12-21/h3-14,22,24H,1-2,15-16,30H2,(H,31,32,35). The Bertz CT molecular complexity index is 1170. The molecule has 1 saturated heterocycles. The molecule has 0 saturated carbocycles. The summed E-state index contributed by atoms with van der Waals surface area (Å²) in [5, 5.41) is 2.79. The van der Waals surface area contributed by atoms with Crippen molar-refractivity contribution in [1.29, 1.82) is 0 Å². The quantitative estimate of drug-likeness (QED) is 0.538. The number of pyridine rings is 1. The molecule has 0 spiro atoms. The zero-order chi connectivity index (χ0) is 25.0. The molecule has 1 aliphatic heterocycles. The van der Waals surface area contributed by atoms with Crippen LogP contribution in [-0.2, 0) is 17.4 Å². The summed E-state index contributed by atoms with van der Waals surface area (Å²) in [6.45, 7) is 0.546. The number of nitrogens with two attached hydrogens (primary N) is 1. The number of hydrogen-bond donors (Lipinski definition) is 2. The lowest BCUT2D eigenvalue weighted by Gasteiger charge is -2.30. The Hall–Kier alpha value is -3.72. The van der Waals surface area contributed by atoms with E-state index >= 15 is 0 Å². The minimum Gasteiger partial charge on any atom is -0.338 e. The van der Waals surface area contributed by atoms with Gasteiger partial charge in [0.1, 0.15) is 0 Å². The highest BCUT2D eigenvalue weighted by molar-refractivity contribution is 6.04. The van der Waals surface area contributed by atoms with Gasteiger partial charge in [0.15, 0.2) is 0 Å². The van der Waals surface area contributed by atoms with E-state index in [2.05, 4.69) is 10.3 Å². The molecule has 1 fully saturated rings. The second-order valence-electron chi connectivity index (χ2n) is 8.51. The largest absolute Gasteiger partial charge is 0.416 e. The Kier molecular flexibility index (Phi) is 7.16. The second-order valence-corrected chi connectivity index (χ2v) is 8.51. The predicted octanol–water partition coefficient (Wildman–Crippen LogP) is 4.59. The summed E-state index contributed by atoms with van der Waals surface area (Å²) >= 11 is 0. The molecule has 182 valence electrons. The number of likely N-dealkylation sites (tertiary alicyclic amines) is 1.